The number of amides is 1. The molecule has 0 aliphatic carbocycles. The Bertz CT molecular complexity index is 658. The zero-order valence-electron chi connectivity index (χ0n) is 11.0. The zero-order valence-corrected chi connectivity index (χ0v) is 12.6. The Kier molecular flexibility index (Phi) is 4.39. The van der Waals surface area contributed by atoms with Gasteiger partial charge in [-0.15, -0.1) is 0 Å². The second-order valence-electron chi connectivity index (χ2n) is 4.26. The third-order valence-electron chi connectivity index (χ3n) is 2.80. The van der Waals surface area contributed by atoms with Crippen molar-refractivity contribution in [2.45, 2.75) is 6.92 Å². The van der Waals surface area contributed by atoms with E-state index in [4.69, 9.17) is 4.74 Å². The van der Waals surface area contributed by atoms with Crippen molar-refractivity contribution in [1.29, 1.82) is 0 Å². The minimum absolute atomic E-state index is 0.0259. The maximum absolute atomic E-state index is 13.9. The maximum atomic E-state index is 13.9. The van der Waals surface area contributed by atoms with E-state index < -0.39 is 11.7 Å². The second kappa shape index (κ2) is 6.05. The molecule has 0 aliphatic heterocycles. The van der Waals surface area contributed by atoms with Crippen LogP contribution in [-0.4, -0.2) is 13.0 Å². The van der Waals surface area contributed by atoms with Crippen molar-refractivity contribution in [3.8, 4) is 5.75 Å². The summed E-state index contributed by atoms with van der Waals surface area (Å²) in [6.45, 7) is 1.92. The molecule has 0 unspecified atom stereocenters. The highest BCUT2D eigenvalue weighted by atomic mass is 79.9. The number of nitrogens with one attached hydrogen (secondary N) is 1. The van der Waals surface area contributed by atoms with Crippen molar-refractivity contribution in [2.24, 2.45) is 0 Å². The molecule has 0 radical (unpaired) electrons. The molecule has 0 fully saturated rings. The molecule has 2 aromatic rings. The van der Waals surface area contributed by atoms with E-state index in [9.17, 15) is 9.18 Å². The number of ether oxygens (including phenoxy) is 1. The lowest BCUT2D eigenvalue weighted by atomic mass is 10.1. The molecule has 2 rings (SSSR count). The molecular weight excluding hydrogens is 325 g/mol. The summed E-state index contributed by atoms with van der Waals surface area (Å²) in [7, 11) is 1.52. The fourth-order valence-electron chi connectivity index (χ4n) is 1.77. The van der Waals surface area contributed by atoms with Crippen molar-refractivity contribution in [2.75, 3.05) is 12.4 Å². The number of carbonyl (C=O) groups excluding carboxylic acids is 1. The van der Waals surface area contributed by atoms with Crippen LogP contribution >= 0.6 is 15.9 Å². The van der Waals surface area contributed by atoms with E-state index in [2.05, 4.69) is 21.2 Å². The van der Waals surface area contributed by atoms with Crippen LogP contribution in [0.5, 0.6) is 5.75 Å². The maximum Gasteiger partial charge on any atom is 0.258 e. The lowest BCUT2D eigenvalue weighted by molar-refractivity contribution is 0.102. The Morgan fingerprint density at radius 2 is 2.05 bits per heavy atom. The Hall–Kier alpha value is -1.88. The summed E-state index contributed by atoms with van der Waals surface area (Å²) in [5.41, 5.74) is 1.48. The normalized spacial score (nSPS) is 10.2. The second-order valence-corrected chi connectivity index (χ2v) is 5.11. The SMILES string of the molecule is COc1cc(C)ccc1NC(=O)c1cccc(Br)c1F. The van der Waals surface area contributed by atoms with Gasteiger partial charge in [0.05, 0.1) is 22.8 Å². The first-order valence-corrected chi connectivity index (χ1v) is 6.72. The topological polar surface area (TPSA) is 38.3 Å². The number of anilines is 1. The van der Waals surface area contributed by atoms with E-state index in [-0.39, 0.29) is 10.0 Å². The van der Waals surface area contributed by atoms with Gasteiger partial charge >= 0.3 is 0 Å². The Labute approximate surface area is 124 Å². The van der Waals surface area contributed by atoms with Crippen LogP contribution in [0, 0.1) is 12.7 Å². The first-order chi connectivity index (χ1) is 9.52. The molecule has 0 spiro atoms. The molecule has 20 heavy (non-hydrogen) atoms. The minimum atomic E-state index is -0.587. The quantitative estimate of drug-likeness (QED) is 0.913. The van der Waals surface area contributed by atoms with Crippen LogP contribution in [0.25, 0.3) is 0 Å². The highest BCUT2D eigenvalue weighted by Crippen LogP contribution is 2.26. The summed E-state index contributed by atoms with van der Waals surface area (Å²) in [6.07, 6.45) is 0. The first kappa shape index (κ1) is 14.5. The number of methoxy groups -OCH3 is 1. The molecular formula is C15H13BrFNO2. The first-order valence-electron chi connectivity index (χ1n) is 5.93. The standard InChI is InChI=1S/C15H13BrFNO2/c1-9-6-7-12(13(8-9)20-2)18-15(19)10-4-3-5-11(16)14(10)17/h3-8H,1-2H3,(H,18,19). The van der Waals surface area contributed by atoms with Gasteiger partial charge in [0, 0.05) is 0 Å². The fraction of sp³-hybridized carbons (Fsp3) is 0.133. The highest BCUT2D eigenvalue weighted by molar-refractivity contribution is 9.10. The monoisotopic (exact) mass is 337 g/mol. The van der Waals surface area contributed by atoms with Gasteiger partial charge in [0.15, 0.2) is 0 Å². The van der Waals surface area contributed by atoms with Crippen molar-refractivity contribution < 1.29 is 13.9 Å². The van der Waals surface area contributed by atoms with Crippen LogP contribution in [0.2, 0.25) is 0 Å². The molecule has 0 aromatic heterocycles. The Morgan fingerprint density at radius 1 is 1.30 bits per heavy atom. The lowest BCUT2D eigenvalue weighted by Gasteiger charge is -2.11. The van der Waals surface area contributed by atoms with Gasteiger partial charge in [-0.2, -0.15) is 0 Å². The van der Waals surface area contributed by atoms with Gasteiger partial charge in [0.2, 0.25) is 0 Å². The number of halogens is 2. The van der Waals surface area contributed by atoms with Crippen LogP contribution in [0.15, 0.2) is 40.9 Å². The number of benzene rings is 2. The summed E-state index contributed by atoms with van der Waals surface area (Å²) in [5.74, 6) is -0.573. The third-order valence-corrected chi connectivity index (χ3v) is 3.41. The minimum Gasteiger partial charge on any atom is -0.495 e. The van der Waals surface area contributed by atoms with E-state index in [1.165, 1.54) is 13.2 Å². The number of aryl methyl sites for hydroxylation is 1. The van der Waals surface area contributed by atoms with Crippen LogP contribution < -0.4 is 10.1 Å². The lowest BCUT2D eigenvalue weighted by Crippen LogP contribution is -2.14. The van der Waals surface area contributed by atoms with E-state index >= 15 is 0 Å². The van der Waals surface area contributed by atoms with Gasteiger partial charge in [-0.05, 0) is 52.7 Å². The predicted molar refractivity (Wildman–Crippen MR) is 79.8 cm³/mol. The van der Waals surface area contributed by atoms with E-state index in [1.54, 1.807) is 24.3 Å². The molecule has 1 N–H and O–H groups in total. The van der Waals surface area contributed by atoms with Gasteiger partial charge in [-0.3, -0.25) is 4.79 Å². The fourth-order valence-corrected chi connectivity index (χ4v) is 2.14. The van der Waals surface area contributed by atoms with Gasteiger partial charge in [-0.25, -0.2) is 4.39 Å². The Balaban J connectivity index is 2.30. The number of carbonyl (C=O) groups is 1. The molecule has 0 bridgehead atoms. The Morgan fingerprint density at radius 3 is 2.75 bits per heavy atom. The van der Waals surface area contributed by atoms with Gasteiger partial charge in [0.1, 0.15) is 11.6 Å². The van der Waals surface area contributed by atoms with Crippen molar-refractivity contribution >= 4 is 27.5 Å². The third kappa shape index (κ3) is 2.99. The summed E-state index contributed by atoms with van der Waals surface area (Å²) in [6, 6.07) is 9.94. The summed E-state index contributed by atoms with van der Waals surface area (Å²) >= 11 is 3.06. The van der Waals surface area contributed by atoms with Gasteiger partial charge in [0.25, 0.3) is 5.91 Å². The summed E-state index contributed by atoms with van der Waals surface area (Å²) < 4.78 is 19.3. The number of hydrogen-bond acceptors (Lipinski definition) is 2. The predicted octanol–water partition coefficient (Wildman–Crippen LogP) is 4.16. The summed E-state index contributed by atoms with van der Waals surface area (Å²) in [5, 5.41) is 2.65. The van der Waals surface area contributed by atoms with Crippen LogP contribution in [0.3, 0.4) is 0 Å². The van der Waals surface area contributed by atoms with Gasteiger partial charge in [-0.1, -0.05) is 12.1 Å². The van der Waals surface area contributed by atoms with Crippen molar-refractivity contribution in [3.05, 3.63) is 57.8 Å². The van der Waals surface area contributed by atoms with Crippen LogP contribution in [0.4, 0.5) is 10.1 Å². The van der Waals surface area contributed by atoms with Crippen molar-refractivity contribution in [3.63, 3.8) is 0 Å². The average Bonchev–Trinajstić information content (AvgIpc) is 2.43. The zero-order chi connectivity index (χ0) is 14.7. The molecule has 3 nitrogen and oxygen atoms in total. The molecule has 2 aromatic carbocycles. The molecule has 0 saturated carbocycles. The van der Waals surface area contributed by atoms with E-state index in [1.807, 2.05) is 13.0 Å². The molecule has 104 valence electrons. The molecule has 1 amide bonds. The van der Waals surface area contributed by atoms with E-state index in [0.717, 1.165) is 5.56 Å². The smallest absolute Gasteiger partial charge is 0.258 e. The molecule has 0 saturated heterocycles. The molecule has 0 aliphatic rings. The van der Waals surface area contributed by atoms with E-state index in [0.29, 0.717) is 11.4 Å². The summed E-state index contributed by atoms with van der Waals surface area (Å²) in [4.78, 5) is 12.1. The number of rotatable bonds is 3. The largest absolute Gasteiger partial charge is 0.495 e. The van der Waals surface area contributed by atoms with Crippen LogP contribution in [0.1, 0.15) is 15.9 Å². The van der Waals surface area contributed by atoms with Gasteiger partial charge < -0.3 is 10.1 Å². The highest BCUT2D eigenvalue weighted by Gasteiger charge is 2.15. The molecule has 0 atom stereocenters. The van der Waals surface area contributed by atoms with Crippen LogP contribution in [-0.2, 0) is 0 Å². The molecule has 0 heterocycles. The van der Waals surface area contributed by atoms with Crippen molar-refractivity contribution in [1.82, 2.24) is 0 Å². The number of hydrogen-bond donors (Lipinski definition) is 1. The molecule has 5 heteroatoms. The average molecular weight is 338 g/mol.